The highest BCUT2D eigenvalue weighted by atomic mass is 16.2. The van der Waals surface area contributed by atoms with E-state index in [1.165, 1.54) is 5.56 Å². The third kappa shape index (κ3) is 1.35. The van der Waals surface area contributed by atoms with E-state index in [2.05, 4.69) is 23.6 Å². The van der Waals surface area contributed by atoms with Gasteiger partial charge in [-0.15, -0.1) is 0 Å². The average Bonchev–Trinajstić information content (AvgIpc) is 2.19. The lowest BCUT2D eigenvalue weighted by molar-refractivity contribution is -0.116. The molecule has 2 N–H and O–H groups in total. The number of anilines is 2. The number of hydrogen-bond acceptors (Lipinski definition) is 2. The SMILES string of the molecule is CCc1cccc2c1NC(C)C(=O)N2. The van der Waals surface area contributed by atoms with Gasteiger partial charge in [0, 0.05) is 0 Å². The van der Waals surface area contributed by atoms with Crippen molar-refractivity contribution >= 4 is 17.3 Å². The summed E-state index contributed by atoms with van der Waals surface area (Å²) in [5.41, 5.74) is 3.21. The van der Waals surface area contributed by atoms with Gasteiger partial charge in [-0.3, -0.25) is 4.79 Å². The van der Waals surface area contributed by atoms with Crippen LogP contribution in [0.5, 0.6) is 0 Å². The zero-order valence-corrected chi connectivity index (χ0v) is 8.42. The molecule has 0 fully saturated rings. The Kier molecular flexibility index (Phi) is 2.15. The van der Waals surface area contributed by atoms with Crippen LogP contribution in [0.1, 0.15) is 19.4 Å². The van der Waals surface area contributed by atoms with Crippen molar-refractivity contribution in [1.29, 1.82) is 0 Å². The predicted octanol–water partition coefficient (Wildman–Crippen LogP) is 2.00. The monoisotopic (exact) mass is 190 g/mol. The van der Waals surface area contributed by atoms with E-state index in [0.717, 1.165) is 17.8 Å². The summed E-state index contributed by atoms with van der Waals surface area (Å²) in [6.07, 6.45) is 0.971. The van der Waals surface area contributed by atoms with Crippen molar-refractivity contribution in [2.24, 2.45) is 0 Å². The number of aryl methyl sites for hydroxylation is 1. The highest BCUT2D eigenvalue weighted by Gasteiger charge is 2.22. The first-order valence-electron chi connectivity index (χ1n) is 4.91. The van der Waals surface area contributed by atoms with E-state index in [1.807, 2.05) is 19.1 Å². The molecule has 3 heteroatoms. The maximum Gasteiger partial charge on any atom is 0.246 e. The van der Waals surface area contributed by atoms with Crippen LogP contribution in [0, 0.1) is 0 Å². The van der Waals surface area contributed by atoms with E-state index >= 15 is 0 Å². The van der Waals surface area contributed by atoms with Crippen molar-refractivity contribution in [3.8, 4) is 0 Å². The Balaban J connectivity index is 2.46. The van der Waals surface area contributed by atoms with Crippen molar-refractivity contribution in [2.75, 3.05) is 10.6 Å². The predicted molar refractivity (Wildman–Crippen MR) is 57.5 cm³/mol. The summed E-state index contributed by atoms with van der Waals surface area (Å²) in [5.74, 6) is 0.0331. The third-order valence-corrected chi connectivity index (χ3v) is 2.54. The van der Waals surface area contributed by atoms with Gasteiger partial charge in [-0.2, -0.15) is 0 Å². The zero-order chi connectivity index (χ0) is 10.1. The van der Waals surface area contributed by atoms with Gasteiger partial charge >= 0.3 is 0 Å². The maximum absolute atomic E-state index is 11.4. The molecule has 2 rings (SSSR count). The van der Waals surface area contributed by atoms with Crippen LogP contribution in [0.3, 0.4) is 0 Å². The van der Waals surface area contributed by atoms with Crippen LogP contribution in [0.2, 0.25) is 0 Å². The summed E-state index contributed by atoms with van der Waals surface area (Å²) in [6, 6.07) is 5.83. The van der Waals surface area contributed by atoms with Gasteiger partial charge in [-0.1, -0.05) is 19.1 Å². The molecule has 1 aliphatic rings. The van der Waals surface area contributed by atoms with Gasteiger partial charge in [0.25, 0.3) is 0 Å². The Labute approximate surface area is 83.5 Å². The summed E-state index contributed by atoms with van der Waals surface area (Å²) in [5, 5.41) is 6.10. The van der Waals surface area contributed by atoms with E-state index in [1.54, 1.807) is 0 Å². The van der Waals surface area contributed by atoms with Crippen molar-refractivity contribution in [3.05, 3.63) is 23.8 Å². The molecule has 0 saturated heterocycles. The standard InChI is InChI=1S/C11H14N2O/c1-3-8-5-4-6-9-10(8)12-7(2)11(14)13-9/h4-7,12H,3H2,1-2H3,(H,13,14). The van der Waals surface area contributed by atoms with Gasteiger partial charge in [0.15, 0.2) is 0 Å². The lowest BCUT2D eigenvalue weighted by Gasteiger charge is -2.26. The lowest BCUT2D eigenvalue weighted by Crippen LogP contribution is -2.36. The Morgan fingerprint density at radius 3 is 2.93 bits per heavy atom. The lowest BCUT2D eigenvalue weighted by atomic mass is 10.1. The molecule has 0 radical (unpaired) electrons. The molecule has 1 amide bonds. The van der Waals surface area contributed by atoms with E-state index in [9.17, 15) is 4.79 Å². The quantitative estimate of drug-likeness (QED) is 0.711. The fraction of sp³-hybridized carbons (Fsp3) is 0.364. The molecule has 1 aliphatic heterocycles. The molecule has 0 saturated carbocycles. The molecule has 1 aromatic carbocycles. The second-order valence-electron chi connectivity index (χ2n) is 3.55. The number of carbonyl (C=O) groups excluding carboxylic acids is 1. The molecule has 1 atom stereocenters. The molecular formula is C11H14N2O. The topological polar surface area (TPSA) is 41.1 Å². The molecule has 14 heavy (non-hydrogen) atoms. The summed E-state index contributed by atoms with van der Waals surface area (Å²) in [7, 11) is 0. The summed E-state index contributed by atoms with van der Waals surface area (Å²) < 4.78 is 0. The minimum atomic E-state index is -0.143. The number of amides is 1. The number of rotatable bonds is 1. The van der Waals surface area contributed by atoms with Gasteiger partial charge in [0.05, 0.1) is 11.4 Å². The van der Waals surface area contributed by atoms with Gasteiger partial charge < -0.3 is 10.6 Å². The number of nitrogens with one attached hydrogen (secondary N) is 2. The van der Waals surface area contributed by atoms with Gasteiger partial charge in [0.1, 0.15) is 6.04 Å². The van der Waals surface area contributed by atoms with E-state index in [0.29, 0.717) is 0 Å². The largest absolute Gasteiger partial charge is 0.372 e. The summed E-state index contributed by atoms with van der Waals surface area (Å²) in [6.45, 7) is 3.98. The molecule has 0 spiro atoms. The zero-order valence-electron chi connectivity index (χ0n) is 8.42. The van der Waals surface area contributed by atoms with Crippen molar-refractivity contribution in [2.45, 2.75) is 26.3 Å². The van der Waals surface area contributed by atoms with Crippen molar-refractivity contribution in [1.82, 2.24) is 0 Å². The van der Waals surface area contributed by atoms with Gasteiger partial charge in [0.2, 0.25) is 5.91 Å². The van der Waals surface area contributed by atoms with Crippen LogP contribution in [-0.2, 0) is 11.2 Å². The van der Waals surface area contributed by atoms with Crippen LogP contribution in [0.25, 0.3) is 0 Å². The number of benzene rings is 1. The highest BCUT2D eigenvalue weighted by molar-refractivity contribution is 6.03. The Morgan fingerprint density at radius 1 is 1.43 bits per heavy atom. The molecule has 0 aromatic heterocycles. The van der Waals surface area contributed by atoms with Crippen LogP contribution < -0.4 is 10.6 Å². The number of fused-ring (bicyclic) bond motifs is 1. The maximum atomic E-state index is 11.4. The molecule has 1 unspecified atom stereocenters. The molecular weight excluding hydrogens is 176 g/mol. The van der Waals surface area contributed by atoms with E-state index in [-0.39, 0.29) is 11.9 Å². The first-order chi connectivity index (χ1) is 6.72. The summed E-state index contributed by atoms with van der Waals surface area (Å²) in [4.78, 5) is 11.4. The smallest absolute Gasteiger partial charge is 0.246 e. The fourth-order valence-electron chi connectivity index (χ4n) is 1.69. The second kappa shape index (κ2) is 3.33. The van der Waals surface area contributed by atoms with Crippen LogP contribution in [0.15, 0.2) is 18.2 Å². The first-order valence-corrected chi connectivity index (χ1v) is 4.91. The first kappa shape index (κ1) is 9.06. The minimum Gasteiger partial charge on any atom is -0.372 e. The highest BCUT2D eigenvalue weighted by Crippen LogP contribution is 2.30. The van der Waals surface area contributed by atoms with E-state index < -0.39 is 0 Å². The number of hydrogen-bond donors (Lipinski definition) is 2. The Bertz CT molecular complexity index is 374. The van der Waals surface area contributed by atoms with Crippen LogP contribution in [0.4, 0.5) is 11.4 Å². The molecule has 74 valence electrons. The average molecular weight is 190 g/mol. The van der Waals surface area contributed by atoms with Crippen molar-refractivity contribution < 1.29 is 4.79 Å². The van der Waals surface area contributed by atoms with Crippen molar-refractivity contribution in [3.63, 3.8) is 0 Å². The third-order valence-electron chi connectivity index (χ3n) is 2.54. The number of carbonyl (C=O) groups is 1. The van der Waals surface area contributed by atoms with Crippen LogP contribution >= 0.6 is 0 Å². The Morgan fingerprint density at radius 2 is 2.21 bits per heavy atom. The summed E-state index contributed by atoms with van der Waals surface area (Å²) >= 11 is 0. The molecule has 3 nitrogen and oxygen atoms in total. The minimum absolute atomic E-state index is 0.0331. The van der Waals surface area contributed by atoms with Crippen LogP contribution in [-0.4, -0.2) is 11.9 Å². The second-order valence-corrected chi connectivity index (χ2v) is 3.55. The molecule has 0 aliphatic carbocycles. The fourth-order valence-corrected chi connectivity index (χ4v) is 1.69. The van der Waals surface area contributed by atoms with Gasteiger partial charge in [-0.25, -0.2) is 0 Å². The number of para-hydroxylation sites is 1. The van der Waals surface area contributed by atoms with Gasteiger partial charge in [-0.05, 0) is 25.0 Å². The molecule has 1 aromatic rings. The normalized spacial score (nSPS) is 19.6. The molecule has 0 bridgehead atoms. The molecule has 1 heterocycles. The van der Waals surface area contributed by atoms with E-state index in [4.69, 9.17) is 0 Å². The Hall–Kier alpha value is -1.51.